The first-order valence-corrected chi connectivity index (χ1v) is 7.21. The van der Waals surface area contributed by atoms with E-state index < -0.39 is 0 Å². The van der Waals surface area contributed by atoms with E-state index in [1.54, 1.807) is 0 Å². The fourth-order valence-corrected chi connectivity index (χ4v) is 2.64. The Morgan fingerprint density at radius 3 is 2.68 bits per heavy atom. The van der Waals surface area contributed by atoms with Gasteiger partial charge in [-0.25, -0.2) is 0 Å². The molecule has 0 N–H and O–H groups in total. The van der Waals surface area contributed by atoms with Crippen LogP contribution >= 0.6 is 0 Å². The Morgan fingerprint density at radius 2 is 1.95 bits per heavy atom. The van der Waals surface area contributed by atoms with E-state index in [1.807, 2.05) is 24.0 Å². The van der Waals surface area contributed by atoms with Crippen LogP contribution in [0, 0.1) is 13.8 Å². The van der Waals surface area contributed by atoms with E-state index >= 15 is 0 Å². The Morgan fingerprint density at radius 1 is 1.16 bits per heavy atom. The van der Waals surface area contributed by atoms with Crippen molar-refractivity contribution in [2.24, 2.45) is 0 Å². The third-order valence-electron chi connectivity index (χ3n) is 4.16. The Balaban J connectivity index is 2.13. The van der Waals surface area contributed by atoms with Crippen LogP contribution in [0.3, 0.4) is 0 Å². The van der Waals surface area contributed by atoms with E-state index in [2.05, 4.69) is 24.8 Å². The van der Waals surface area contributed by atoms with E-state index in [-0.39, 0.29) is 5.91 Å². The Labute approximate surface area is 116 Å². The van der Waals surface area contributed by atoms with Crippen molar-refractivity contribution in [2.45, 2.75) is 27.2 Å². The molecule has 1 aliphatic heterocycles. The molecule has 0 unspecified atom stereocenters. The van der Waals surface area contributed by atoms with Gasteiger partial charge in [0.25, 0.3) is 5.91 Å². The molecule has 1 aromatic carbocycles. The molecule has 1 aromatic rings. The average Bonchev–Trinajstić information content (AvgIpc) is 2.66. The molecule has 3 heteroatoms. The summed E-state index contributed by atoms with van der Waals surface area (Å²) in [5.74, 6) is 0.194. The number of benzene rings is 1. The summed E-state index contributed by atoms with van der Waals surface area (Å²) in [6.07, 6.45) is 1.07. The topological polar surface area (TPSA) is 23.6 Å². The summed E-state index contributed by atoms with van der Waals surface area (Å²) in [6.45, 7) is 11.2. The molecule has 1 heterocycles. The lowest BCUT2D eigenvalue weighted by Gasteiger charge is -2.22. The molecule has 0 atom stereocenters. The number of carbonyl (C=O) groups is 1. The molecule has 1 fully saturated rings. The molecule has 0 bridgehead atoms. The highest BCUT2D eigenvalue weighted by Crippen LogP contribution is 2.16. The molecule has 0 radical (unpaired) electrons. The SMILES string of the molecule is CCN1CCCN(C(=O)c2cccc(C)c2C)CC1. The van der Waals surface area contributed by atoms with Crippen molar-refractivity contribution < 1.29 is 4.79 Å². The van der Waals surface area contributed by atoms with Gasteiger partial charge in [0.2, 0.25) is 0 Å². The molecule has 0 aliphatic carbocycles. The second-order valence-electron chi connectivity index (χ2n) is 5.33. The molecule has 19 heavy (non-hydrogen) atoms. The van der Waals surface area contributed by atoms with Gasteiger partial charge in [0.1, 0.15) is 0 Å². The van der Waals surface area contributed by atoms with E-state index in [9.17, 15) is 4.79 Å². The van der Waals surface area contributed by atoms with Gasteiger partial charge in [0.05, 0.1) is 0 Å². The van der Waals surface area contributed by atoms with Gasteiger partial charge in [0.15, 0.2) is 0 Å². The largest absolute Gasteiger partial charge is 0.337 e. The van der Waals surface area contributed by atoms with Crippen LogP contribution in [0.25, 0.3) is 0 Å². The lowest BCUT2D eigenvalue weighted by atomic mass is 10.0. The lowest BCUT2D eigenvalue weighted by molar-refractivity contribution is 0.0761. The number of amides is 1. The smallest absolute Gasteiger partial charge is 0.254 e. The van der Waals surface area contributed by atoms with Gasteiger partial charge in [-0.3, -0.25) is 4.79 Å². The van der Waals surface area contributed by atoms with Gasteiger partial charge in [-0.1, -0.05) is 19.1 Å². The van der Waals surface area contributed by atoms with Crippen LogP contribution in [-0.2, 0) is 0 Å². The van der Waals surface area contributed by atoms with Gasteiger partial charge in [-0.15, -0.1) is 0 Å². The summed E-state index contributed by atoms with van der Waals surface area (Å²) in [7, 11) is 0. The fraction of sp³-hybridized carbons (Fsp3) is 0.562. The van der Waals surface area contributed by atoms with Crippen molar-refractivity contribution in [3.63, 3.8) is 0 Å². The number of rotatable bonds is 2. The standard InChI is InChI=1S/C16H24N2O/c1-4-17-9-6-10-18(12-11-17)16(19)15-8-5-7-13(2)14(15)3/h5,7-8H,4,6,9-12H2,1-3H3. The van der Waals surface area contributed by atoms with Crippen LogP contribution in [0.4, 0.5) is 0 Å². The van der Waals surface area contributed by atoms with Crippen LogP contribution in [0.5, 0.6) is 0 Å². The predicted octanol–water partition coefficient (Wildman–Crippen LogP) is 2.47. The molecule has 1 aliphatic rings. The van der Waals surface area contributed by atoms with Crippen molar-refractivity contribution in [2.75, 3.05) is 32.7 Å². The molecule has 3 nitrogen and oxygen atoms in total. The van der Waals surface area contributed by atoms with Crippen molar-refractivity contribution in [1.29, 1.82) is 0 Å². The number of nitrogens with zero attached hydrogens (tertiary/aromatic N) is 2. The first-order valence-electron chi connectivity index (χ1n) is 7.21. The molecular formula is C16H24N2O. The molecular weight excluding hydrogens is 236 g/mol. The lowest BCUT2D eigenvalue weighted by Crippen LogP contribution is -2.35. The van der Waals surface area contributed by atoms with Crippen molar-refractivity contribution in [1.82, 2.24) is 9.80 Å². The molecule has 1 amide bonds. The van der Waals surface area contributed by atoms with Gasteiger partial charge in [-0.2, -0.15) is 0 Å². The van der Waals surface area contributed by atoms with E-state index in [0.29, 0.717) is 0 Å². The normalized spacial score (nSPS) is 17.3. The third-order valence-corrected chi connectivity index (χ3v) is 4.16. The maximum absolute atomic E-state index is 12.6. The van der Waals surface area contributed by atoms with Crippen LogP contribution in [0.2, 0.25) is 0 Å². The van der Waals surface area contributed by atoms with E-state index in [4.69, 9.17) is 0 Å². The summed E-state index contributed by atoms with van der Waals surface area (Å²) in [4.78, 5) is 17.1. The molecule has 104 valence electrons. The summed E-state index contributed by atoms with van der Waals surface area (Å²) in [5, 5.41) is 0. The molecule has 0 spiro atoms. The van der Waals surface area contributed by atoms with Crippen LogP contribution in [0.1, 0.15) is 34.8 Å². The molecule has 2 rings (SSSR count). The van der Waals surface area contributed by atoms with E-state index in [1.165, 1.54) is 5.56 Å². The molecule has 0 saturated carbocycles. The van der Waals surface area contributed by atoms with Gasteiger partial charge >= 0.3 is 0 Å². The zero-order valence-electron chi connectivity index (χ0n) is 12.3. The zero-order valence-corrected chi connectivity index (χ0v) is 12.3. The highest BCUT2D eigenvalue weighted by molar-refractivity contribution is 5.96. The monoisotopic (exact) mass is 260 g/mol. The quantitative estimate of drug-likeness (QED) is 0.815. The summed E-state index contributed by atoms with van der Waals surface area (Å²) in [6, 6.07) is 5.99. The number of aryl methyl sites for hydroxylation is 1. The Kier molecular flexibility index (Phi) is 4.59. The van der Waals surface area contributed by atoms with E-state index in [0.717, 1.165) is 50.3 Å². The van der Waals surface area contributed by atoms with Gasteiger partial charge < -0.3 is 9.80 Å². The van der Waals surface area contributed by atoms with Gasteiger partial charge in [0, 0.05) is 25.2 Å². The second kappa shape index (κ2) is 6.20. The minimum Gasteiger partial charge on any atom is -0.337 e. The number of carbonyl (C=O) groups excluding carboxylic acids is 1. The summed E-state index contributed by atoms with van der Waals surface area (Å²) < 4.78 is 0. The molecule has 0 aromatic heterocycles. The maximum atomic E-state index is 12.6. The van der Waals surface area contributed by atoms with Crippen LogP contribution in [0.15, 0.2) is 18.2 Å². The van der Waals surface area contributed by atoms with Crippen LogP contribution < -0.4 is 0 Å². The minimum absolute atomic E-state index is 0.194. The number of hydrogen-bond acceptors (Lipinski definition) is 2. The fourth-order valence-electron chi connectivity index (χ4n) is 2.64. The highest BCUT2D eigenvalue weighted by atomic mass is 16.2. The number of hydrogen-bond donors (Lipinski definition) is 0. The number of likely N-dealkylation sites (N-methyl/N-ethyl adjacent to an activating group) is 1. The minimum atomic E-state index is 0.194. The average molecular weight is 260 g/mol. The van der Waals surface area contributed by atoms with Crippen molar-refractivity contribution in [3.8, 4) is 0 Å². The third kappa shape index (κ3) is 3.16. The maximum Gasteiger partial charge on any atom is 0.254 e. The second-order valence-corrected chi connectivity index (χ2v) is 5.33. The van der Waals surface area contributed by atoms with Gasteiger partial charge in [-0.05, 0) is 50.6 Å². The zero-order chi connectivity index (χ0) is 13.8. The Bertz CT molecular complexity index is 456. The first kappa shape index (κ1) is 14.1. The van der Waals surface area contributed by atoms with Crippen LogP contribution in [-0.4, -0.2) is 48.4 Å². The predicted molar refractivity (Wildman–Crippen MR) is 78.6 cm³/mol. The first-order chi connectivity index (χ1) is 9.13. The highest BCUT2D eigenvalue weighted by Gasteiger charge is 2.21. The summed E-state index contributed by atoms with van der Waals surface area (Å²) in [5.41, 5.74) is 3.17. The Hall–Kier alpha value is -1.35. The summed E-state index contributed by atoms with van der Waals surface area (Å²) >= 11 is 0. The van der Waals surface area contributed by atoms with Crippen molar-refractivity contribution >= 4 is 5.91 Å². The molecule has 1 saturated heterocycles. The van der Waals surface area contributed by atoms with Crippen molar-refractivity contribution in [3.05, 3.63) is 34.9 Å².